The van der Waals surface area contributed by atoms with Crippen LogP contribution in [0.4, 0.5) is 11.5 Å². The van der Waals surface area contributed by atoms with Crippen molar-refractivity contribution in [2.24, 2.45) is 0 Å². The normalized spacial score (nSPS) is 16.5. The highest BCUT2D eigenvalue weighted by Gasteiger charge is 2.62. The number of ether oxygens (including phenoxy) is 1. The third kappa shape index (κ3) is 5.43. The molecule has 0 aliphatic heterocycles. The van der Waals surface area contributed by atoms with Gasteiger partial charge in [0, 0.05) is 23.2 Å². The van der Waals surface area contributed by atoms with Gasteiger partial charge in [-0.05, 0) is 71.7 Å². The van der Waals surface area contributed by atoms with Crippen molar-refractivity contribution in [2.45, 2.75) is 77.3 Å². The van der Waals surface area contributed by atoms with E-state index in [2.05, 4.69) is 28.7 Å². The maximum Gasteiger partial charge on any atom is 0.417 e. The molecule has 10 nitrogen and oxygen atoms in total. The van der Waals surface area contributed by atoms with Crippen LogP contribution in [0.25, 0.3) is 11.2 Å². The molecule has 12 heteroatoms. The molecule has 0 amide bonds. The second-order valence-electron chi connectivity index (χ2n) is 9.54. The Morgan fingerprint density at radius 3 is 2.29 bits per heavy atom. The first-order valence-corrected chi connectivity index (χ1v) is 15.8. The van der Waals surface area contributed by atoms with Crippen molar-refractivity contribution in [3.63, 3.8) is 0 Å². The molecule has 0 radical (unpaired) electrons. The lowest BCUT2D eigenvalue weighted by Crippen LogP contribution is -2.26. The van der Waals surface area contributed by atoms with E-state index >= 15 is 0 Å². The third-order valence-corrected chi connectivity index (χ3v) is 10.9. The molecular formula is C26H38N5O5P2+. The average Bonchev–Trinajstić information content (AvgIpc) is 3.59. The van der Waals surface area contributed by atoms with E-state index in [1.165, 1.54) is 12.8 Å². The minimum absolute atomic E-state index is 0.131. The van der Waals surface area contributed by atoms with Crippen molar-refractivity contribution in [3.8, 4) is 0 Å². The van der Waals surface area contributed by atoms with Gasteiger partial charge in [-0.25, -0.2) is 15.0 Å². The van der Waals surface area contributed by atoms with Gasteiger partial charge in [-0.1, -0.05) is 17.4 Å². The monoisotopic (exact) mass is 562 g/mol. The summed E-state index contributed by atoms with van der Waals surface area (Å²) in [6, 6.07) is 7.31. The molecule has 1 aliphatic carbocycles. The smallest absolute Gasteiger partial charge is 0.338 e. The van der Waals surface area contributed by atoms with E-state index in [9.17, 15) is 9.13 Å². The summed E-state index contributed by atoms with van der Waals surface area (Å²) in [6.07, 6.45) is 6.36. The van der Waals surface area contributed by atoms with Gasteiger partial charge in [0.05, 0.1) is 26.1 Å². The Balaban J connectivity index is 1.72. The summed E-state index contributed by atoms with van der Waals surface area (Å²) < 4.78 is 45.5. The van der Waals surface area contributed by atoms with Crippen LogP contribution < -0.4 is 5.32 Å². The molecule has 2 unspecified atom stereocenters. The van der Waals surface area contributed by atoms with Crippen LogP contribution in [0, 0.1) is 0 Å². The zero-order valence-corrected chi connectivity index (χ0v) is 24.7. The maximum atomic E-state index is 13.8. The van der Waals surface area contributed by atoms with Crippen molar-refractivity contribution in [1.82, 2.24) is 19.5 Å². The summed E-state index contributed by atoms with van der Waals surface area (Å²) in [5.74, 6) is 1.82. The SMILES string of the molecule is CCOC([PH+]=O)(c1ccc(Nc2nc(C3CCCC3)nc3c2ncn3C(C)C)cc1)P(=O)(OCC)OCC. The van der Waals surface area contributed by atoms with Crippen molar-refractivity contribution in [1.29, 1.82) is 0 Å². The number of fused-ring (bicyclic) bond motifs is 1. The molecule has 2 atom stereocenters. The van der Waals surface area contributed by atoms with E-state index in [4.69, 9.17) is 23.8 Å². The van der Waals surface area contributed by atoms with E-state index < -0.39 is 21.1 Å². The summed E-state index contributed by atoms with van der Waals surface area (Å²) >= 11 is 0. The quantitative estimate of drug-likeness (QED) is 0.215. The van der Waals surface area contributed by atoms with Gasteiger partial charge in [0.2, 0.25) is 0 Å². The fraction of sp³-hybridized carbons (Fsp3) is 0.577. The van der Waals surface area contributed by atoms with Crippen molar-refractivity contribution < 1.29 is 22.9 Å². The number of benzene rings is 1. The second-order valence-corrected chi connectivity index (χ2v) is 13.0. The third-order valence-electron chi connectivity index (χ3n) is 6.73. The van der Waals surface area contributed by atoms with Crippen molar-refractivity contribution in [3.05, 3.63) is 42.0 Å². The van der Waals surface area contributed by atoms with Crippen LogP contribution >= 0.6 is 16.1 Å². The topological polar surface area (TPSA) is 117 Å². The minimum atomic E-state index is -3.91. The van der Waals surface area contributed by atoms with Gasteiger partial charge in [-0.3, -0.25) is 4.57 Å². The highest BCUT2D eigenvalue weighted by Crippen LogP contribution is 2.70. The molecule has 1 aliphatic rings. The number of imidazole rings is 1. The number of hydrogen-bond acceptors (Lipinski definition) is 9. The summed E-state index contributed by atoms with van der Waals surface area (Å²) in [5.41, 5.74) is 2.71. The molecule has 1 N–H and O–H groups in total. The number of nitrogens with one attached hydrogen (secondary N) is 1. The van der Waals surface area contributed by atoms with E-state index in [0.29, 0.717) is 22.8 Å². The number of rotatable bonds is 13. The average molecular weight is 563 g/mol. The molecule has 0 bridgehead atoms. The molecule has 2 aromatic heterocycles. The van der Waals surface area contributed by atoms with E-state index in [0.717, 1.165) is 30.0 Å². The van der Waals surface area contributed by atoms with Crippen LogP contribution in [-0.4, -0.2) is 39.3 Å². The molecule has 38 heavy (non-hydrogen) atoms. The van der Waals surface area contributed by atoms with Crippen LogP contribution in [0.3, 0.4) is 0 Å². The molecular weight excluding hydrogens is 524 g/mol. The summed E-state index contributed by atoms with van der Waals surface area (Å²) in [5, 5.41) is 1.68. The Bertz CT molecular complexity index is 1280. The molecule has 206 valence electrons. The Hall–Kier alpha value is -2.22. The standard InChI is InChI=1S/C26H37N5O5P2/c1-6-34-26(37-32,38(33,35-7-2)36-8-3)20-13-15-21(16-14-20)28-24-22-25(31(17-27-22)18(4)5)30-23(29-24)19-11-9-10-12-19/h13-19H,6-12H2,1-5H3,(H,28,29,30)/p+1. The molecule has 1 fully saturated rings. The first-order chi connectivity index (χ1) is 18.3. The first kappa shape index (κ1) is 28.8. The van der Waals surface area contributed by atoms with Gasteiger partial charge in [0.15, 0.2) is 17.0 Å². The van der Waals surface area contributed by atoms with Crippen LogP contribution in [0.1, 0.15) is 83.6 Å². The zero-order chi connectivity index (χ0) is 27.3. The van der Waals surface area contributed by atoms with Crippen LogP contribution in [-0.2, 0) is 28.0 Å². The van der Waals surface area contributed by atoms with Crippen molar-refractivity contribution >= 4 is 38.7 Å². The second kappa shape index (κ2) is 12.3. The lowest BCUT2D eigenvalue weighted by molar-refractivity contribution is 0.0505. The Morgan fingerprint density at radius 2 is 1.74 bits per heavy atom. The lowest BCUT2D eigenvalue weighted by atomic mass is 10.1. The summed E-state index contributed by atoms with van der Waals surface area (Å²) in [6.45, 7) is 9.84. The van der Waals surface area contributed by atoms with Gasteiger partial charge < -0.3 is 23.7 Å². The van der Waals surface area contributed by atoms with Gasteiger partial charge in [0.25, 0.3) is 0 Å². The summed E-state index contributed by atoms with van der Waals surface area (Å²) in [4.78, 5) is 14.4. The largest absolute Gasteiger partial charge is 0.417 e. The predicted molar refractivity (Wildman–Crippen MR) is 150 cm³/mol. The number of aromatic nitrogens is 4. The summed E-state index contributed by atoms with van der Waals surface area (Å²) in [7, 11) is -5.02. The zero-order valence-electron chi connectivity index (χ0n) is 22.8. The van der Waals surface area contributed by atoms with Crippen molar-refractivity contribution in [2.75, 3.05) is 25.1 Å². The predicted octanol–water partition coefficient (Wildman–Crippen LogP) is 7.25. The lowest BCUT2D eigenvalue weighted by Gasteiger charge is -2.28. The van der Waals surface area contributed by atoms with Crippen LogP contribution in [0.2, 0.25) is 0 Å². The molecule has 2 heterocycles. The number of anilines is 2. The minimum Gasteiger partial charge on any atom is -0.338 e. The van der Waals surface area contributed by atoms with E-state index in [1.54, 1.807) is 39.2 Å². The molecule has 0 spiro atoms. The Labute approximate surface area is 225 Å². The molecule has 1 saturated carbocycles. The number of hydrogen-bond donors (Lipinski definition) is 1. The van der Waals surface area contributed by atoms with Gasteiger partial charge in [0.1, 0.15) is 5.82 Å². The van der Waals surface area contributed by atoms with E-state index in [-0.39, 0.29) is 25.9 Å². The Kier molecular flexibility index (Phi) is 9.32. The molecule has 3 aromatic rings. The highest BCUT2D eigenvalue weighted by molar-refractivity contribution is 7.64. The molecule has 1 aromatic carbocycles. The van der Waals surface area contributed by atoms with E-state index in [1.807, 2.05) is 12.1 Å². The fourth-order valence-electron chi connectivity index (χ4n) is 4.91. The highest BCUT2D eigenvalue weighted by atomic mass is 31.2. The first-order valence-electron chi connectivity index (χ1n) is 13.4. The van der Waals surface area contributed by atoms with Gasteiger partial charge >= 0.3 is 21.1 Å². The van der Waals surface area contributed by atoms with Gasteiger partial charge in [-0.15, -0.1) is 0 Å². The molecule has 0 saturated heterocycles. The van der Waals surface area contributed by atoms with Crippen LogP contribution in [0.15, 0.2) is 30.6 Å². The molecule has 4 rings (SSSR count). The number of nitrogens with zero attached hydrogens (tertiary/aromatic N) is 4. The van der Waals surface area contributed by atoms with Gasteiger partial charge in [-0.2, -0.15) is 0 Å². The maximum absolute atomic E-state index is 13.8. The Morgan fingerprint density at radius 1 is 1.08 bits per heavy atom. The van der Waals surface area contributed by atoms with Crippen LogP contribution in [0.5, 0.6) is 0 Å². The fourth-order valence-corrected chi connectivity index (χ4v) is 8.11.